The molecule has 1 heterocycles. The van der Waals surface area contributed by atoms with E-state index in [0.717, 1.165) is 16.3 Å². The first-order valence-electron chi connectivity index (χ1n) is 6.02. The standard InChI is InChI=1S/C15H14O3/c1-3-15(17-2)12-9-5-7-10-6-4-8-11(13(10)12)14(16)18-15/h4-9H,3H2,1-2H3. The maximum atomic E-state index is 12.1. The highest BCUT2D eigenvalue weighted by atomic mass is 16.7. The largest absolute Gasteiger partial charge is 0.425 e. The molecule has 1 atom stereocenters. The van der Waals surface area contributed by atoms with Crippen molar-refractivity contribution in [3.8, 4) is 0 Å². The fraction of sp³-hybridized carbons (Fsp3) is 0.267. The Bertz CT molecular complexity index is 621. The van der Waals surface area contributed by atoms with E-state index >= 15 is 0 Å². The van der Waals surface area contributed by atoms with Crippen molar-refractivity contribution in [2.75, 3.05) is 7.11 Å². The highest BCUT2D eigenvalue weighted by molar-refractivity contribution is 6.08. The fourth-order valence-electron chi connectivity index (χ4n) is 2.65. The third kappa shape index (κ3) is 1.31. The summed E-state index contributed by atoms with van der Waals surface area (Å²) in [6, 6.07) is 11.6. The van der Waals surface area contributed by atoms with Crippen LogP contribution in [0.5, 0.6) is 0 Å². The van der Waals surface area contributed by atoms with Crippen LogP contribution in [0, 0.1) is 0 Å². The summed E-state index contributed by atoms with van der Waals surface area (Å²) in [7, 11) is 1.57. The van der Waals surface area contributed by atoms with E-state index in [2.05, 4.69) is 0 Å². The zero-order valence-electron chi connectivity index (χ0n) is 10.4. The molecule has 92 valence electrons. The third-order valence-corrected chi connectivity index (χ3v) is 3.59. The van der Waals surface area contributed by atoms with E-state index in [0.29, 0.717) is 12.0 Å². The number of cyclic esters (lactones) is 1. The molecule has 0 bridgehead atoms. The maximum Gasteiger partial charge on any atom is 0.341 e. The first-order valence-corrected chi connectivity index (χ1v) is 6.02. The Labute approximate surface area is 105 Å². The molecular weight excluding hydrogens is 228 g/mol. The minimum Gasteiger partial charge on any atom is -0.425 e. The van der Waals surface area contributed by atoms with E-state index in [1.807, 2.05) is 37.3 Å². The Kier molecular flexibility index (Phi) is 2.38. The Morgan fingerprint density at radius 3 is 2.61 bits per heavy atom. The minimum atomic E-state index is -0.953. The first-order chi connectivity index (χ1) is 8.72. The van der Waals surface area contributed by atoms with Gasteiger partial charge in [0.05, 0.1) is 5.56 Å². The molecular formula is C15H14O3. The molecule has 0 fully saturated rings. The lowest BCUT2D eigenvalue weighted by Gasteiger charge is -2.35. The number of esters is 1. The molecule has 1 aliphatic heterocycles. The van der Waals surface area contributed by atoms with Gasteiger partial charge in [0.25, 0.3) is 0 Å². The summed E-state index contributed by atoms with van der Waals surface area (Å²) in [6.07, 6.45) is 0.586. The third-order valence-electron chi connectivity index (χ3n) is 3.59. The van der Waals surface area contributed by atoms with Crippen LogP contribution < -0.4 is 0 Å². The van der Waals surface area contributed by atoms with Gasteiger partial charge in [0.1, 0.15) is 0 Å². The van der Waals surface area contributed by atoms with Crippen LogP contribution in [0.3, 0.4) is 0 Å². The second kappa shape index (κ2) is 3.82. The smallest absolute Gasteiger partial charge is 0.341 e. The Hall–Kier alpha value is -1.87. The molecule has 0 amide bonds. The highest BCUT2D eigenvalue weighted by Gasteiger charge is 2.41. The number of benzene rings is 2. The molecule has 3 rings (SSSR count). The second-order valence-electron chi connectivity index (χ2n) is 4.41. The van der Waals surface area contributed by atoms with E-state index in [9.17, 15) is 4.79 Å². The normalized spacial score (nSPS) is 22.0. The molecule has 0 radical (unpaired) electrons. The summed E-state index contributed by atoms with van der Waals surface area (Å²) in [5.74, 6) is -1.27. The lowest BCUT2D eigenvalue weighted by molar-refractivity contribution is -0.198. The average molecular weight is 242 g/mol. The lowest BCUT2D eigenvalue weighted by Crippen LogP contribution is -2.37. The van der Waals surface area contributed by atoms with Gasteiger partial charge in [0.2, 0.25) is 5.79 Å². The molecule has 0 saturated carbocycles. The molecule has 1 unspecified atom stereocenters. The van der Waals surface area contributed by atoms with Gasteiger partial charge in [0.15, 0.2) is 0 Å². The summed E-state index contributed by atoms with van der Waals surface area (Å²) >= 11 is 0. The van der Waals surface area contributed by atoms with E-state index < -0.39 is 5.79 Å². The van der Waals surface area contributed by atoms with Gasteiger partial charge in [-0.05, 0) is 11.5 Å². The molecule has 1 aliphatic rings. The van der Waals surface area contributed by atoms with Crippen LogP contribution in [0.25, 0.3) is 10.8 Å². The number of hydrogen-bond donors (Lipinski definition) is 0. The van der Waals surface area contributed by atoms with Crippen LogP contribution in [0.1, 0.15) is 29.3 Å². The van der Waals surface area contributed by atoms with Crippen LogP contribution in [-0.4, -0.2) is 13.1 Å². The van der Waals surface area contributed by atoms with E-state index in [4.69, 9.17) is 9.47 Å². The minimum absolute atomic E-state index is 0.317. The SMILES string of the molecule is CCC1(OC)OC(=O)c2cccc3cccc1c23. The van der Waals surface area contributed by atoms with Gasteiger partial charge in [-0.3, -0.25) is 0 Å². The highest BCUT2D eigenvalue weighted by Crippen LogP contribution is 2.41. The zero-order chi connectivity index (χ0) is 12.8. The van der Waals surface area contributed by atoms with E-state index in [1.165, 1.54) is 0 Å². The van der Waals surface area contributed by atoms with Gasteiger partial charge in [-0.15, -0.1) is 0 Å². The average Bonchev–Trinajstić information content (AvgIpc) is 2.43. The maximum absolute atomic E-state index is 12.1. The lowest BCUT2D eigenvalue weighted by atomic mass is 9.90. The summed E-state index contributed by atoms with van der Waals surface area (Å²) in [5.41, 5.74) is 1.55. The van der Waals surface area contributed by atoms with Gasteiger partial charge in [0, 0.05) is 24.5 Å². The van der Waals surface area contributed by atoms with Crippen LogP contribution in [-0.2, 0) is 15.3 Å². The summed E-state index contributed by atoms with van der Waals surface area (Å²) in [5, 5.41) is 1.98. The summed E-state index contributed by atoms with van der Waals surface area (Å²) < 4.78 is 11.0. The van der Waals surface area contributed by atoms with Gasteiger partial charge in [-0.2, -0.15) is 0 Å². The van der Waals surface area contributed by atoms with Crippen molar-refractivity contribution in [3.63, 3.8) is 0 Å². The molecule has 3 heteroatoms. The Balaban J connectivity index is 2.44. The molecule has 0 saturated heterocycles. The zero-order valence-corrected chi connectivity index (χ0v) is 10.4. The molecule has 3 nitrogen and oxygen atoms in total. The number of methoxy groups -OCH3 is 1. The molecule has 0 spiro atoms. The van der Waals surface area contributed by atoms with Crippen molar-refractivity contribution in [2.24, 2.45) is 0 Å². The summed E-state index contributed by atoms with van der Waals surface area (Å²) in [6.45, 7) is 1.95. The van der Waals surface area contributed by atoms with Gasteiger partial charge in [-0.1, -0.05) is 37.3 Å². The number of carbonyl (C=O) groups is 1. The van der Waals surface area contributed by atoms with Crippen molar-refractivity contribution >= 4 is 16.7 Å². The monoisotopic (exact) mass is 242 g/mol. The van der Waals surface area contributed by atoms with Gasteiger partial charge in [-0.25, -0.2) is 4.79 Å². The second-order valence-corrected chi connectivity index (χ2v) is 4.41. The topological polar surface area (TPSA) is 35.5 Å². The molecule has 0 N–H and O–H groups in total. The Morgan fingerprint density at radius 2 is 1.94 bits per heavy atom. The van der Waals surface area contributed by atoms with Crippen LogP contribution in [0.2, 0.25) is 0 Å². The van der Waals surface area contributed by atoms with Crippen LogP contribution >= 0.6 is 0 Å². The molecule has 0 aliphatic carbocycles. The van der Waals surface area contributed by atoms with Gasteiger partial charge >= 0.3 is 5.97 Å². The molecule has 2 aromatic rings. The number of hydrogen-bond acceptors (Lipinski definition) is 3. The van der Waals surface area contributed by atoms with Crippen molar-refractivity contribution in [2.45, 2.75) is 19.1 Å². The van der Waals surface area contributed by atoms with Crippen molar-refractivity contribution < 1.29 is 14.3 Å². The fourth-order valence-corrected chi connectivity index (χ4v) is 2.65. The quantitative estimate of drug-likeness (QED) is 0.758. The predicted molar refractivity (Wildman–Crippen MR) is 68.3 cm³/mol. The van der Waals surface area contributed by atoms with E-state index in [1.54, 1.807) is 13.2 Å². The summed E-state index contributed by atoms with van der Waals surface area (Å²) in [4.78, 5) is 12.1. The first kappa shape index (κ1) is 11.2. The van der Waals surface area contributed by atoms with Crippen molar-refractivity contribution in [1.82, 2.24) is 0 Å². The Morgan fingerprint density at radius 1 is 1.22 bits per heavy atom. The predicted octanol–water partition coefficient (Wildman–Crippen LogP) is 3.22. The van der Waals surface area contributed by atoms with Crippen LogP contribution in [0.4, 0.5) is 0 Å². The van der Waals surface area contributed by atoms with E-state index in [-0.39, 0.29) is 5.97 Å². The van der Waals surface area contributed by atoms with Crippen LogP contribution in [0.15, 0.2) is 36.4 Å². The number of ether oxygens (including phenoxy) is 2. The molecule has 0 aromatic heterocycles. The van der Waals surface area contributed by atoms with Gasteiger partial charge < -0.3 is 9.47 Å². The van der Waals surface area contributed by atoms with Crippen molar-refractivity contribution in [3.05, 3.63) is 47.5 Å². The number of rotatable bonds is 2. The van der Waals surface area contributed by atoms with Crippen molar-refractivity contribution in [1.29, 1.82) is 0 Å². The molecule has 18 heavy (non-hydrogen) atoms. The number of carbonyl (C=O) groups excluding carboxylic acids is 1. The molecule has 2 aromatic carbocycles.